The number of nitrogens with one attached hydrogen (secondary N) is 1. The van der Waals surface area contributed by atoms with Crippen molar-refractivity contribution >= 4 is 16.5 Å². The Labute approximate surface area is 82.3 Å². The van der Waals surface area contributed by atoms with Crippen molar-refractivity contribution in [3.8, 4) is 0 Å². The molecule has 0 saturated carbocycles. The number of aromatic nitrogens is 1. The quantitative estimate of drug-likeness (QED) is 0.535. The van der Waals surface area contributed by atoms with E-state index in [1.165, 1.54) is 23.4 Å². The highest BCUT2D eigenvalue weighted by molar-refractivity contribution is 7.15. The van der Waals surface area contributed by atoms with Crippen LogP contribution in [0.3, 0.4) is 0 Å². The normalized spacial score (nSPS) is 19.6. The Morgan fingerprint density at radius 3 is 2.92 bits per heavy atom. The Kier molecular flexibility index (Phi) is 2.04. The second-order valence-corrected chi connectivity index (χ2v) is 5.26. The molecule has 4 heteroatoms. The van der Waals surface area contributed by atoms with Gasteiger partial charge >= 0.3 is 0 Å². The number of anilines is 1. The molecule has 3 nitrogen and oxygen atoms in total. The van der Waals surface area contributed by atoms with Crippen LogP contribution in [0, 0.1) is 0 Å². The summed E-state index contributed by atoms with van der Waals surface area (Å²) < 4.78 is 0. The number of thiazole rings is 1. The van der Waals surface area contributed by atoms with Crippen molar-refractivity contribution in [2.45, 2.75) is 38.5 Å². The van der Waals surface area contributed by atoms with Crippen molar-refractivity contribution in [2.24, 2.45) is 5.84 Å². The van der Waals surface area contributed by atoms with E-state index in [9.17, 15) is 0 Å². The Bertz CT molecular complexity index is 317. The number of nitrogen functional groups attached to an aromatic ring is 1. The summed E-state index contributed by atoms with van der Waals surface area (Å²) in [5, 5.41) is 0.847. The summed E-state index contributed by atoms with van der Waals surface area (Å²) in [4.78, 5) is 5.91. The van der Waals surface area contributed by atoms with Gasteiger partial charge in [-0.3, -0.25) is 5.43 Å². The predicted octanol–water partition coefficient (Wildman–Crippen LogP) is 2.04. The minimum atomic E-state index is 0.235. The molecule has 0 atom stereocenters. The molecule has 1 heterocycles. The Hall–Kier alpha value is -0.610. The van der Waals surface area contributed by atoms with Crippen LogP contribution in [-0.4, -0.2) is 4.98 Å². The molecular formula is C9H15N3S. The molecule has 0 saturated heterocycles. The number of hydrogen-bond acceptors (Lipinski definition) is 4. The van der Waals surface area contributed by atoms with Crippen LogP contribution in [0.5, 0.6) is 0 Å². The molecule has 0 amide bonds. The first-order valence-electron chi connectivity index (χ1n) is 4.60. The molecular weight excluding hydrogens is 182 g/mol. The summed E-state index contributed by atoms with van der Waals surface area (Å²) in [6.45, 7) is 4.51. The zero-order chi connectivity index (χ0) is 9.47. The molecule has 0 unspecified atom stereocenters. The van der Waals surface area contributed by atoms with Gasteiger partial charge in [0, 0.05) is 10.3 Å². The van der Waals surface area contributed by atoms with E-state index < -0.39 is 0 Å². The van der Waals surface area contributed by atoms with Gasteiger partial charge in [-0.05, 0) is 19.3 Å². The van der Waals surface area contributed by atoms with Crippen molar-refractivity contribution in [1.29, 1.82) is 0 Å². The molecule has 0 bridgehead atoms. The van der Waals surface area contributed by atoms with Gasteiger partial charge in [-0.2, -0.15) is 0 Å². The van der Waals surface area contributed by atoms with Crippen LogP contribution in [0.4, 0.5) is 5.13 Å². The second-order valence-electron chi connectivity index (χ2n) is 4.17. The molecule has 72 valence electrons. The fourth-order valence-electron chi connectivity index (χ4n) is 1.92. The van der Waals surface area contributed by atoms with Gasteiger partial charge in [0.25, 0.3) is 0 Å². The van der Waals surface area contributed by atoms with Crippen LogP contribution in [0.1, 0.15) is 37.3 Å². The highest BCUT2D eigenvalue weighted by Crippen LogP contribution is 2.39. The van der Waals surface area contributed by atoms with Gasteiger partial charge in [-0.1, -0.05) is 13.8 Å². The van der Waals surface area contributed by atoms with E-state index in [1.807, 2.05) is 0 Å². The van der Waals surface area contributed by atoms with Crippen LogP contribution < -0.4 is 11.3 Å². The average Bonchev–Trinajstić information content (AvgIpc) is 2.48. The molecule has 0 aromatic carbocycles. The maximum absolute atomic E-state index is 5.35. The van der Waals surface area contributed by atoms with E-state index >= 15 is 0 Å². The third-order valence-corrected chi connectivity index (χ3v) is 3.71. The number of nitrogens with zero attached hydrogens (tertiary/aromatic N) is 1. The van der Waals surface area contributed by atoms with Gasteiger partial charge in [-0.15, -0.1) is 11.3 Å². The van der Waals surface area contributed by atoms with Gasteiger partial charge in [0.1, 0.15) is 0 Å². The Morgan fingerprint density at radius 1 is 1.54 bits per heavy atom. The van der Waals surface area contributed by atoms with E-state index in [2.05, 4.69) is 24.3 Å². The molecule has 1 aliphatic rings. The summed E-state index contributed by atoms with van der Waals surface area (Å²) >= 11 is 1.69. The molecule has 1 aliphatic carbocycles. The minimum absolute atomic E-state index is 0.235. The number of hydrogen-bond donors (Lipinski definition) is 2. The highest BCUT2D eigenvalue weighted by atomic mass is 32.1. The average molecular weight is 197 g/mol. The third-order valence-electron chi connectivity index (χ3n) is 2.67. The number of fused-ring (bicyclic) bond motifs is 1. The van der Waals surface area contributed by atoms with Crippen molar-refractivity contribution in [1.82, 2.24) is 4.98 Å². The maximum atomic E-state index is 5.35. The largest absolute Gasteiger partial charge is 0.300 e. The molecule has 0 fully saturated rings. The number of aryl methyl sites for hydroxylation is 1. The lowest BCUT2D eigenvalue weighted by Crippen LogP contribution is -2.23. The third kappa shape index (κ3) is 1.44. The predicted molar refractivity (Wildman–Crippen MR) is 55.9 cm³/mol. The molecule has 0 spiro atoms. The molecule has 13 heavy (non-hydrogen) atoms. The lowest BCUT2D eigenvalue weighted by molar-refractivity contribution is 0.424. The summed E-state index contributed by atoms with van der Waals surface area (Å²) in [5.41, 5.74) is 4.11. The fraction of sp³-hybridized carbons (Fsp3) is 0.667. The van der Waals surface area contributed by atoms with Crippen molar-refractivity contribution in [3.63, 3.8) is 0 Å². The lowest BCUT2D eigenvalue weighted by Gasteiger charge is -2.27. The smallest absolute Gasteiger partial charge is 0.197 e. The van der Waals surface area contributed by atoms with E-state index in [1.54, 1.807) is 11.3 Å². The molecule has 0 radical (unpaired) electrons. The summed E-state index contributed by atoms with van der Waals surface area (Å²) in [5.74, 6) is 5.35. The van der Waals surface area contributed by atoms with Crippen molar-refractivity contribution < 1.29 is 0 Å². The van der Waals surface area contributed by atoms with Gasteiger partial charge in [0.2, 0.25) is 0 Å². The topological polar surface area (TPSA) is 50.9 Å². The van der Waals surface area contributed by atoms with Crippen molar-refractivity contribution in [2.75, 3.05) is 5.43 Å². The standard InChI is InChI=1S/C9H15N3S/c1-9(2)5-3-4-6-7(9)11-8(12-10)13-6/h3-5,10H2,1-2H3,(H,11,12). The maximum Gasteiger partial charge on any atom is 0.197 e. The summed E-state index contributed by atoms with van der Waals surface area (Å²) in [6, 6.07) is 0. The molecule has 3 N–H and O–H groups in total. The lowest BCUT2D eigenvalue weighted by atomic mass is 9.79. The summed E-state index contributed by atoms with van der Waals surface area (Å²) in [7, 11) is 0. The van der Waals surface area contributed by atoms with Gasteiger partial charge in [0.05, 0.1) is 5.69 Å². The number of hydrazine groups is 1. The Morgan fingerprint density at radius 2 is 2.31 bits per heavy atom. The summed E-state index contributed by atoms with van der Waals surface area (Å²) in [6.07, 6.45) is 3.66. The van der Waals surface area contributed by atoms with E-state index in [0.717, 1.165) is 11.6 Å². The Balaban J connectivity index is 2.44. The first kappa shape index (κ1) is 8.97. The monoisotopic (exact) mass is 197 g/mol. The van der Waals surface area contributed by atoms with Gasteiger partial charge < -0.3 is 0 Å². The van der Waals surface area contributed by atoms with Crippen LogP contribution in [0.25, 0.3) is 0 Å². The molecule has 0 aliphatic heterocycles. The zero-order valence-corrected chi connectivity index (χ0v) is 8.87. The van der Waals surface area contributed by atoms with Crippen LogP contribution in [0.2, 0.25) is 0 Å². The second kappa shape index (κ2) is 2.96. The first-order chi connectivity index (χ1) is 6.13. The van der Waals surface area contributed by atoms with E-state index in [0.29, 0.717) is 0 Å². The van der Waals surface area contributed by atoms with Gasteiger partial charge in [0.15, 0.2) is 5.13 Å². The number of nitrogens with two attached hydrogens (primary N) is 1. The molecule has 2 rings (SSSR count). The van der Waals surface area contributed by atoms with E-state index in [4.69, 9.17) is 5.84 Å². The fourth-order valence-corrected chi connectivity index (χ4v) is 3.02. The van der Waals surface area contributed by atoms with Crippen molar-refractivity contribution in [3.05, 3.63) is 10.6 Å². The van der Waals surface area contributed by atoms with Crippen LogP contribution in [0.15, 0.2) is 0 Å². The molecule has 1 aromatic heterocycles. The first-order valence-corrected chi connectivity index (χ1v) is 5.42. The minimum Gasteiger partial charge on any atom is -0.300 e. The highest BCUT2D eigenvalue weighted by Gasteiger charge is 2.30. The SMILES string of the molecule is CC1(C)CCCc2sc(NN)nc21. The number of rotatable bonds is 1. The van der Waals surface area contributed by atoms with Gasteiger partial charge in [-0.25, -0.2) is 10.8 Å². The van der Waals surface area contributed by atoms with E-state index in [-0.39, 0.29) is 5.41 Å². The van der Waals surface area contributed by atoms with Crippen LogP contribution in [-0.2, 0) is 11.8 Å². The molecule has 1 aromatic rings. The zero-order valence-electron chi connectivity index (χ0n) is 8.05. The van der Waals surface area contributed by atoms with Crippen LogP contribution >= 0.6 is 11.3 Å².